The Morgan fingerprint density at radius 2 is 1.93 bits per heavy atom. The van der Waals surface area contributed by atoms with Crippen molar-refractivity contribution in [1.82, 2.24) is 0 Å². The van der Waals surface area contributed by atoms with Crippen LogP contribution < -0.4 is 0 Å². The molecule has 68 valence electrons. The summed E-state index contributed by atoms with van der Waals surface area (Å²) in [7, 11) is 0. The number of rotatable bonds is 1. The normalized spacial score (nSPS) is 10.9. The molecule has 0 nitrogen and oxygen atoms in total. The Kier molecular flexibility index (Phi) is 2.09. The zero-order chi connectivity index (χ0) is 9.38. The summed E-state index contributed by atoms with van der Waals surface area (Å²) in [5.41, 5.74) is 0. The Morgan fingerprint density at radius 3 is 2.71 bits per heavy atom. The van der Waals surface area contributed by atoms with Crippen LogP contribution in [0.1, 0.15) is 0 Å². The van der Waals surface area contributed by atoms with Gasteiger partial charge in [-0.05, 0) is 23.6 Å². The van der Waals surface area contributed by atoms with Gasteiger partial charge < -0.3 is 0 Å². The second kappa shape index (κ2) is 3.42. The third kappa shape index (κ3) is 1.38. The van der Waals surface area contributed by atoms with Gasteiger partial charge in [-0.1, -0.05) is 18.2 Å². The minimum atomic E-state index is 1.39. The first kappa shape index (κ1) is 8.53. The molecule has 0 saturated carbocycles. The Balaban J connectivity index is 2.24. The summed E-state index contributed by atoms with van der Waals surface area (Å²) in [4.78, 5) is 1.39. The highest BCUT2D eigenvalue weighted by molar-refractivity contribution is 7.44. The fraction of sp³-hybridized carbons (Fsp3) is 0. The van der Waals surface area contributed by atoms with Gasteiger partial charge in [-0.25, -0.2) is 0 Å². The highest BCUT2D eigenvalue weighted by atomic mass is 32.2. The Morgan fingerprint density at radius 1 is 1.00 bits per heavy atom. The van der Waals surface area contributed by atoms with E-state index in [0.29, 0.717) is 0 Å². The second-order valence-corrected chi connectivity index (χ2v) is 6.23. The van der Waals surface area contributed by atoms with E-state index >= 15 is 0 Å². The Bertz CT molecular complexity index is 516. The maximum atomic E-state index is 2.19. The fourth-order valence-electron chi connectivity index (χ4n) is 1.33. The van der Waals surface area contributed by atoms with Crippen LogP contribution in [0.4, 0.5) is 0 Å². The summed E-state index contributed by atoms with van der Waals surface area (Å²) in [5, 5.41) is 2.13. The van der Waals surface area contributed by atoms with Gasteiger partial charge in [0, 0.05) is 0 Å². The molecule has 0 N–H and O–H groups in total. The second-order valence-electron chi connectivity index (χ2n) is 2.92. The van der Waals surface area contributed by atoms with E-state index in [1.54, 1.807) is 0 Å². The quantitative estimate of drug-likeness (QED) is 0.522. The zero-order valence-electron chi connectivity index (χ0n) is 7.27. The van der Waals surface area contributed by atoms with E-state index in [0.717, 1.165) is 0 Å². The molecule has 2 heterocycles. The zero-order valence-corrected chi connectivity index (χ0v) is 9.72. The summed E-state index contributed by atoms with van der Waals surface area (Å²) < 4.78 is 4.20. The minimum absolute atomic E-state index is 1.39. The summed E-state index contributed by atoms with van der Waals surface area (Å²) in [6, 6.07) is 12.9. The predicted octanol–water partition coefficient (Wildman–Crippen LogP) is 4.97. The standard InChI is InChI=1S/C11H7S3/c1-2-5-9-8(4-1)13-11(14-9)10-6-3-7-12-10/h1-7H/q+1. The summed E-state index contributed by atoms with van der Waals surface area (Å²) in [6.07, 6.45) is 0. The first-order chi connectivity index (χ1) is 6.93. The molecule has 0 amide bonds. The molecule has 0 unspecified atom stereocenters. The molecular weight excluding hydrogens is 228 g/mol. The van der Waals surface area contributed by atoms with Gasteiger partial charge in [0.25, 0.3) is 4.19 Å². The molecule has 3 rings (SSSR count). The van der Waals surface area contributed by atoms with Gasteiger partial charge in [0.2, 0.25) is 0 Å². The van der Waals surface area contributed by atoms with Crippen LogP contribution >= 0.6 is 34.0 Å². The van der Waals surface area contributed by atoms with Crippen molar-refractivity contribution in [2.24, 2.45) is 0 Å². The molecule has 2 aromatic heterocycles. The van der Waals surface area contributed by atoms with Crippen molar-refractivity contribution in [2.45, 2.75) is 0 Å². The van der Waals surface area contributed by atoms with Gasteiger partial charge in [0.05, 0.1) is 22.7 Å². The number of thiophene rings is 1. The summed E-state index contributed by atoms with van der Waals surface area (Å²) in [6.45, 7) is 0. The van der Waals surface area contributed by atoms with Crippen molar-refractivity contribution >= 4 is 43.4 Å². The first-order valence-electron chi connectivity index (χ1n) is 4.29. The van der Waals surface area contributed by atoms with Gasteiger partial charge in [0.15, 0.2) is 9.40 Å². The van der Waals surface area contributed by atoms with Gasteiger partial charge in [0.1, 0.15) is 4.88 Å². The molecule has 0 fully saturated rings. The highest BCUT2D eigenvalue weighted by Crippen LogP contribution is 2.40. The van der Waals surface area contributed by atoms with E-state index in [1.165, 1.54) is 18.5 Å². The van der Waals surface area contributed by atoms with Gasteiger partial charge >= 0.3 is 0 Å². The third-order valence-corrected chi connectivity index (χ3v) is 5.71. The predicted molar refractivity (Wildman–Crippen MR) is 67.4 cm³/mol. The molecular formula is C11H7S3+. The number of fused-ring (bicyclic) bond motifs is 1. The van der Waals surface area contributed by atoms with E-state index in [-0.39, 0.29) is 0 Å². The van der Waals surface area contributed by atoms with Crippen LogP contribution in [0.3, 0.4) is 0 Å². The van der Waals surface area contributed by atoms with Crippen LogP contribution in [0, 0.1) is 0 Å². The molecule has 0 saturated heterocycles. The highest BCUT2D eigenvalue weighted by Gasteiger charge is 2.17. The lowest BCUT2D eigenvalue weighted by Crippen LogP contribution is -1.54. The van der Waals surface area contributed by atoms with Gasteiger partial charge in [-0.15, -0.1) is 11.3 Å². The maximum absolute atomic E-state index is 2.19. The van der Waals surface area contributed by atoms with Crippen LogP contribution in [0.15, 0.2) is 41.8 Å². The monoisotopic (exact) mass is 235 g/mol. The van der Waals surface area contributed by atoms with Crippen molar-refractivity contribution in [3.63, 3.8) is 0 Å². The lowest BCUT2D eigenvalue weighted by molar-refractivity contribution is 1.88. The Hall–Kier alpha value is -0.770. The molecule has 0 atom stereocenters. The minimum Gasteiger partial charge on any atom is -0.138 e. The molecule has 14 heavy (non-hydrogen) atoms. The van der Waals surface area contributed by atoms with Crippen LogP contribution in [-0.4, -0.2) is 0 Å². The Labute approximate surface area is 94.1 Å². The SMILES string of the molecule is c1csc(-c2sc3ccccc3[s+]2)c1. The van der Waals surface area contributed by atoms with Crippen molar-refractivity contribution in [3.05, 3.63) is 41.8 Å². The van der Waals surface area contributed by atoms with E-state index in [2.05, 4.69) is 41.8 Å². The molecule has 0 bridgehead atoms. The van der Waals surface area contributed by atoms with Gasteiger partial charge in [-0.3, -0.25) is 0 Å². The van der Waals surface area contributed by atoms with E-state index in [4.69, 9.17) is 0 Å². The van der Waals surface area contributed by atoms with Gasteiger partial charge in [-0.2, -0.15) is 0 Å². The van der Waals surface area contributed by atoms with E-state index in [9.17, 15) is 0 Å². The number of benzene rings is 1. The topological polar surface area (TPSA) is 0 Å². The van der Waals surface area contributed by atoms with E-state index < -0.39 is 0 Å². The lowest BCUT2D eigenvalue weighted by Gasteiger charge is -1.73. The van der Waals surface area contributed by atoms with Crippen LogP contribution in [0.25, 0.3) is 18.5 Å². The lowest BCUT2D eigenvalue weighted by atomic mass is 10.4. The smallest absolute Gasteiger partial charge is 0.138 e. The largest absolute Gasteiger partial charge is 0.296 e. The van der Waals surface area contributed by atoms with Crippen molar-refractivity contribution < 1.29 is 0 Å². The van der Waals surface area contributed by atoms with E-state index in [1.807, 2.05) is 34.0 Å². The summed E-state index contributed by atoms with van der Waals surface area (Å²) in [5.74, 6) is 0. The molecule has 0 spiro atoms. The number of hydrogen-bond acceptors (Lipinski definition) is 2. The fourth-order valence-corrected chi connectivity index (χ4v) is 4.75. The summed E-state index contributed by atoms with van der Waals surface area (Å²) >= 11 is 5.58. The number of hydrogen-bond donors (Lipinski definition) is 0. The maximum Gasteiger partial charge on any atom is 0.296 e. The van der Waals surface area contributed by atoms with Crippen molar-refractivity contribution in [3.8, 4) is 9.07 Å². The average molecular weight is 235 g/mol. The molecule has 0 aliphatic carbocycles. The molecule has 0 aliphatic heterocycles. The van der Waals surface area contributed by atoms with Crippen LogP contribution in [0.5, 0.6) is 0 Å². The molecule has 0 aliphatic rings. The van der Waals surface area contributed by atoms with Crippen LogP contribution in [0.2, 0.25) is 0 Å². The van der Waals surface area contributed by atoms with Crippen molar-refractivity contribution in [2.75, 3.05) is 0 Å². The average Bonchev–Trinajstić information content (AvgIpc) is 2.86. The molecule has 0 radical (unpaired) electrons. The molecule has 1 aromatic carbocycles. The van der Waals surface area contributed by atoms with Crippen LogP contribution in [-0.2, 0) is 0 Å². The molecule has 3 aromatic rings. The molecule has 3 heteroatoms. The first-order valence-corrected chi connectivity index (χ1v) is 6.80. The third-order valence-electron chi connectivity index (χ3n) is 1.98. The van der Waals surface area contributed by atoms with Crippen molar-refractivity contribution in [1.29, 1.82) is 0 Å².